The number of hydrogen-bond acceptors (Lipinski definition) is 4. The minimum atomic E-state index is 0. The van der Waals surface area contributed by atoms with E-state index in [-0.39, 0.29) is 30.0 Å². The van der Waals surface area contributed by atoms with E-state index in [1.165, 1.54) is 18.4 Å². The molecule has 2 atom stereocenters. The van der Waals surface area contributed by atoms with Crippen LogP contribution in [0.5, 0.6) is 0 Å². The van der Waals surface area contributed by atoms with Crippen LogP contribution in [0.3, 0.4) is 0 Å². The monoisotopic (exact) mass is 548 g/mol. The van der Waals surface area contributed by atoms with Gasteiger partial charge in [-0.05, 0) is 37.5 Å². The second kappa shape index (κ2) is 11.3. The molecule has 0 radical (unpaired) electrons. The average molecular weight is 549 g/mol. The van der Waals surface area contributed by atoms with Gasteiger partial charge in [-0.2, -0.15) is 0 Å². The number of nitrogens with zero attached hydrogens (tertiary/aromatic N) is 3. The molecule has 0 bridgehead atoms. The Labute approximate surface area is 202 Å². The van der Waals surface area contributed by atoms with E-state index in [2.05, 4.69) is 34.2 Å². The molecule has 3 saturated heterocycles. The Bertz CT molecular complexity index is 708. The van der Waals surface area contributed by atoms with Gasteiger partial charge in [-0.1, -0.05) is 23.7 Å². The van der Waals surface area contributed by atoms with E-state index in [1.54, 1.807) is 0 Å². The molecular formula is C22H34ClIN4O2. The Morgan fingerprint density at radius 3 is 2.73 bits per heavy atom. The number of rotatable bonds is 5. The fraction of sp³-hybridized carbons (Fsp3) is 0.682. The molecule has 0 amide bonds. The van der Waals surface area contributed by atoms with Gasteiger partial charge in [-0.15, -0.1) is 24.0 Å². The largest absolute Gasteiger partial charge is 0.381 e. The molecule has 1 aromatic rings. The fourth-order valence-corrected chi connectivity index (χ4v) is 4.92. The molecule has 2 unspecified atom stereocenters. The number of aliphatic imine (C=N–C) groups is 1. The number of likely N-dealkylation sites (tertiary alicyclic amines) is 1. The number of guanidine groups is 1. The van der Waals surface area contributed by atoms with E-state index in [4.69, 9.17) is 26.1 Å². The molecule has 8 heteroatoms. The van der Waals surface area contributed by atoms with Crippen LogP contribution < -0.4 is 5.32 Å². The molecule has 1 spiro atoms. The smallest absolute Gasteiger partial charge is 0.194 e. The van der Waals surface area contributed by atoms with Crippen molar-refractivity contribution in [3.05, 3.63) is 34.9 Å². The normalized spacial score (nSPS) is 26.1. The molecule has 3 aliphatic heterocycles. The van der Waals surface area contributed by atoms with Crippen LogP contribution in [0.2, 0.25) is 5.02 Å². The minimum absolute atomic E-state index is 0. The first-order chi connectivity index (χ1) is 14.2. The van der Waals surface area contributed by atoms with Crippen molar-refractivity contribution in [1.82, 2.24) is 15.1 Å². The van der Waals surface area contributed by atoms with Crippen molar-refractivity contribution in [2.75, 3.05) is 65.7 Å². The van der Waals surface area contributed by atoms with E-state index in [1.807, 2.05) is 12.1 Å². The molecule has 30 heavy (non-hydrogen) atoms. The van der Waals surface area contributed by atoms with Crippen molar-refractivity contribution in [3.63, 3.8) is 0 Å². The lowest BCUT2D eigenvalue weighted by molar-refractivity contribution is 0.0179. The highest BCUT2D eigenvalue weighted by Gasteiger charge is 2.42. The van der Waals surface area contributed by atoms with Crippen LogP contribution in [0.15, 0.2) is 29.3 Å². The highest BCUT2D eigenvalue weighted by atomic mass is 127. The maximum Gasteiger partial charge on any atom is 0.194 e. The predicted molar refractivity (Wildman–Crippen MR) is 132 cm³/mol. The Morgan fingerprint density at radius 2 is 2.03 bits per heavy atom. The molecule has 1 N–H and O–H groups in total. The molecule has 4 rings (SSSR count). The second-order valence-electron chi connectivity index (χ2n) is 8.39. The lowest BCUT2D eigenvalue weighted by Crippen LogP contribution is -2.43. The van der Waals surface area contributed by atoms with Crippen LogP contribution in [0.1, 0.15) is 31.4 Å². The summed E-state index contributed by atoms with van der Waals surface area (Å²) in [5.41, 5.74) is 1.55. The third kappa shape index (κ3) is 5.79. The van der Waals surface area contributed by atoms with Gasteiger partial charge in [-0.25, -0.2) is 0 Å². The van der Waals surface area contributed by atoms with E-state index in [9.17, 15) is 0 Å². The van der Waals surface area contributed by atoms with Crippen LogP contribution in [0.25, 0.3) is 0 Å². The van der Waals surface area contributed by atoms with Gasteiger partial charge in [0.15, 0.2) is 5.96 Å². The van der Waals surface area contributed by atoms with Gasteiger partial charge >= 0.3 is 0 Å². The van der Waals surface area contributed by atoms with Gasteiger partial charge in [0.1, 0.15) is 0 Å². The quantitative estimate of drug-likeness (QED) is 0.347. The molecule has 168 valence electrons. The first-order valence-electron chi connectivity index (χ1n) is 10.9. The molecule has 0 aliphatic carbocycles. The summed E-state index contributed by atoms with van der Waals surface area (Å²) in [7, 11) is 0. The van der Waals surface area contributed by atoms with Crippen molar-refractivity contribution >= 4 is 41.5 Å². The summed E-state index contributed by atoms with van der Waals surface area (Å²) in [5.74, 6) is 1.02. The second-order valence-corrected chi connectivity index (χ2v) is 8.82. The maximum absolute atomic E-state index is 6.30. The number of benzene rings is 1. The summed E-state index contributed by atoms with van der Waals surface area (Å²) in [5, 5.41) is 4.30. The Kier molecular flexibility index (Phi) is 9.07. The molecular weight excluding hydrogens is 515 g/mol. The Balaban J connectivity index is 0.00000256. The van der Waals surface area contributed by atoms with E-state index < -0.39 is 0 Å². The topological polar surface area (TPSA) is 49.3 Å². The zero-order chi connectivity index (χ0) is 20.1. The summed E-state index contributed by atoms with van der Waals surface area (Å²) in [4.78, 5) is 9.99. The third-order valence-corrected chi connectivity index (χ3v) is 6.63. The molecule has 0 aromatic heterocycles. The number of ether oxygens (including phenoxy) is 2. The van der Waals surface area contributed by atoms with Crippen LogP contribution in [0, 0.1) is 5.41 Å². The van der Waals surface area contributed by atoms with E-state index in [0.717, 1.165) is 70.1 Å². The molecule has 3 fully saturated rings. The first kappa shape index (κ1) is 24.0. The average Bonchev–Trinajstić information content (AvgIpc) is 3.38. The third-order valence-electron chi connectivity index (χ3n) is 6.39. The van der Waals surface area contributed by atoms with E-state index >= 15 is 0 Å². The van der Waals surface area contributed by atoms with E-state index in [0.29, 0.717) is 12.0 Å². The molecule has 3 aliphatic rings. The van der Waals surface area contributed by atoms with Crippen molar-refractivity contribution in [2.45, 2.75) is 25.8 Å². The number of hydrogen-bond donors (Lipinski definition) is 1. The fourth-order valence-electron chi connectivity index (χ4n) is 4.72. The highest BCUT2D eigenvalue weighted by Crippen LogP contribution is 2.38. The highest BCUT2D eigenvalue weighted by molar-refractivity contribution is 14.0. The van der Waals surface area contributed by atoms with Crippen molar-refractivity contribution in [3.8, 4) is 0 Å². The van der Waals surface area contributed by atoms with Gasteiger partial charge in [0.25, 0.3) is 0 Å². The van der Waals surface area contributed by atoms with Crippen LogP contribution in [-0.2, 0) is 9.47 Å². The van der Waals surface area contributed by atoms with Gasteiger partial charge < -0.3 is 19.7 Å². The van der Waals surface area contributed by atoms with Crippen LogP contribution in [0.4, 0.5) is 0 Å². The van der Waals surface area contributed by atoms with Crippen molar-refractivity contribution in [2.24, 2.45) is 10.4 Å². The molecule has 3 heterocycles. The predicted octanol–water partition coefficient (Wildman–Crippen LogP) is 3.41. The lowest BCUT2D eigenvalue weighted by atomic mass is 9.87. The number of morpholine rings is 1. The lowest BCUT2D eigenvalue weighted by Gasteiger charge is -2.34. The van der Waals surface area contributed by atoms with Gasteiger partial charge in [0.05, 0.1) is 32.4 Å². The molecule has 6 nitrogen and oxygen atoms in total. The van der Waals surface area contributed by atoms with Crippen molar-refractivity contribution < 1.29 is 9.47 Å². The minimum Gasteiger partial charge on any atom is -0.381 e. The summed E-state index contributed by atoms with van der Waals surface area (Å²) in [6.45, 7) is 11.0. The van der Waals surface area contributed by atoms with Crippen LogP contribution in [-0.4, -0.2) is 81.5 Å². The number of halogens is 2. The number of nitrogens with one attached hydrogen (secondary N) is 1. The first-order valence-corrected chi connectivity index (χ1v) is 11.3. The zero-order valence-corrected chi connectivity index (χ0v) is 20.9. The van der Waals surface area contributed by atoms with Gasteiger partial charge in [0, 0.05) is 49.8 Å². The summed E-state index contributed by atoms with van der Waals surface area (Å²) >= 11 is 6.30. The summed E-state index contributed by atoms with van der Waals surface area (Å²) in [6, 6.07) is 8.41. The molecule has 1 aromatic carbocycles. The maximum atomic E-state index is 6.30. The zero-order valence-electron chi connectivity index (χ0n) is 17.8. The summed E-state index contributed by atoms with van der Waals surface area (Å²) < 4.78 is 11.3. The van der Waals surface area contributed by atoms with Gasteiger partial charge in [-0.3, -0.25) is 9.89 Å². The van der Waals surface area contributed by atoms with Gasteiger partial charge in [0.2, 0.25) is 0 Å². The molecule has 0 saturated carbocycles. The Morgan fingerprint density at radius 1 is 1.20 bits per heavy atom. The van der Waals surface area contributed by atoms with Crippen molar-refractivity contribution in [1.29, 1.82) is 0 Å². The van der Waals surface area contributed by atoms with Crippen LogP contribution >= 0.6 is 35.6 Å². The standard InChI is InChI=1S/C22H33ClN4O2.HI/c1-2-24-21(27-8-6-22(16-27)7-11-29-17-22)25-15-20(26-9-12-28-13-10-26)18-4-3-5-19(23)14-18;/h3-5,14,20H,2,6-13,15-17H2,1H3,(H,24,25);1H. The SMILES string of the molecule is CCNC(=NCC(c1cccc(Cl)c1)N1CCOCC1)N1CCC2(CCOC2)C1.I. The summed E-state index contributed by atoms with van der Waals surface area (Å²) in [6.07, 6.45) is 2.36. The Hall–Kier alpha value is -0.610.